The molecule has 0 bridgehead atoms. The minimum absolute atomic E-state index is 0.0645. The van der Waals surface area contributed by atoms with E-state index >= 15 is 0 Å². The van der Waals surface area contributed by atoms with E-state index in [1.165, 1.54) is 12.1 Å². The highest BCUT2D eigenvalue weighted by atomic mass is 32.2. The molecule has 0 unspecified atom stereocenters. The fourth-order valence-corrected chi connectivity index (χ4v) is 3.57. The van der Waals surface area contributed by atoms with Crippen LogP contribution in [0.5, 0.6) is 5.88 Å². The fourth-order valence-electron chi connectivity index (χ4n) is 3.05. The van der Waals surface area contributed by atoms with Crippen LogP contribution in [0.2, 0.25) is 0 Å². The number of aromatic nitrogens is 3. The topological polar surface area (TPSA) is 120 Å². The Bertz CT molecular complexity index is 1310. The van der Waals surface area contributed by atoms with Crippen LogP contribution in [0.4, 0.5) is 5.95 Å². The molecule has 4 rings (SSSR count). The Balaban J connectivity index is 1.63. The number of hydrogen-bond acceptors (Lipinski definition) is 7. The molecule has 3 aromatic rings. The first-order valence-corrected chi connectivity index (χ1v) is 12.0. The van der Waals surface area contributed by atoms with Crippen molar-refractivity contribution in [2.24, 2.45) is 11.1 Å². The smallest absolute Gasteiger partial charge is 0.245 e. The van der Waals surface area contributed by atoms with E-state index in [9.17, 15) is 8.42 Å². The van der Waals surface area contributed by atoms with Crippen molar-refractivity contribution in [1.82, 2.24) is 15.0 Å². The van der Waals surface area contributed by atoms with E-state index in [1.54, 1.807) is 12.1 Å². The first kappa shape index (κ1) is 22.0. The third kappa shape index (κ3) is 5.33. The summed E-state index contributed by atoms with van der Waals surface area (Å²) in [6, 6.07) is 9.89. The molecule has 9 heteroatoms. The van der Waals surface area contributed by atoms with E-state index < -0.39 is 10.0 Å². The Morgan fingerprint density at radius 2 is 1.78 bits per heavy atom. The molecule has 1 saturated carbocycles. The van der Waals surface area contributed by atoms with Crippen molar-refractivity contribution in [3.05, 3.63) is 47.7 Å². The molecule has 8 nitrogen and oxygen atoms in total. The van der Waals surface area contributed by atoms with Gasteiger partial charge in [-0.25, -0.2) is 23.5 Å². The minimum atomic E-state index is -3.73. The van der Waals surface area contributed by atoms with Gasteiger partial charge in [0.05, 0.1) is 22.6 Å². The fraction of sp³-hybridized carbons (Fsp3) is 0.348. The predicted molar refractivity (Wildman–Crippen MR) is 123 cm³/mol. The van der Waals surface area contributed by atoms with Crippen LogP contribution in [-0.4, -0.2) is 29.5 Å². The van der Waals surface area contributed by atoms with Crippen LogP contribution >= 0.6 is 0 Å². The molecule has 0 spiro atoms. The molecule has 2 heterocycles. The average molecular weight is 452 g/mol. The van der Waals surface area contributed by atoms with E-state index in [-0.39, 0.29) is 17.0 Å². The highest BCUT2D eigenvalue weighted by Crippen LogP contribution is 2.28. The van der Waals surface area contributed by atoms with Crippen molar-refractivity contribution in [2.75, 3.05) is 5.32 Å². The highest BCUT2D eigenvalue weighted by molar-refractivity contribution is 7.89. The van der Waals surface area contributed by atoms with Crippen molar-refractivity contribution >= 4 is 27.0 Å². The number of benzene rings is 1. The third-order valence-corrected chi connectivity index (χ3v) is 5.82. The molecule has 2 aromatic heterocycles. The van der Waals surface area contributed by atoms with Gasteiger partial charge in [0.2, 0.25) is 21.9 Å². The van der Waals surface area contributed by atoms with Crippen LogP contribution < -0.4 is 15.2 Å². The maximum atomic E-state index is 11.5. The minimum Gasteiger partial charge on any atom is -0.473 e. The number of nitrogens with zero attached hydrogens (tertiary/aromatic N) is 3. The van der Waals surface area contributed by atoms with E-state index in [0.717, 1.165) is 18.4 Å². The first-order chi connectivity index (χ1) is 15.2. The Kier molecular flexibility index (Phi) is 6.00. The van der Waals surface area contributed by atoms with E-state index in [1.807, 2.05) is 32.9 Å². The summed E-state index contributed by atoms with van der Waals surface area (Å²) in [5.41, 5.74) is 2.74. The molecule has 0 saturated heterocycles. The van der Waals surface area contributed by atoms with Gasteiger partial charge in [-0.05, 0) is 69.4 Å². The van der Waals surface area contributed by atoms with Gasteiger partial charge in [0.25, 0.3) is 0 Å². The lowest BCUT2D eigenvalue weighted by molar-refractivity contribution is 0.235. The Morgan fingerprint density at radius 1 is 1.06 bits per heavy atom. The van der Waals surface area contributed by atoms with Crippen molar-refractivity contribution in [2.45, 2.75) is 50.7 Å². The summed E-state index contributed by atoms with van der Waals surface area (Å²) in [5.74, 6) is 7.60. The molecule has 0 aliphatic heterocycles. The number of ether oxygens (including phenoxy) is 1. The Morgan fingerprint density at radius 3 is 2.41 bits per heavy atom. The molecule has 166 valence electrons. The Labute approximate surface area is 187 Å². The van der Waals surface area contributed by atoms with Crippen LogP contribution in [-0.2, 0) is 10.0 Å². The summed E-state index contributed by atoms with van der Waals surface area (Å²) in [7, 11) is -3.73. The molecule has 0 amide bonds. The zero-order valence-electron chi connectivity index (χ0n) is 18.2. The summed E-state index contributed by atoms with van der Waals surface area (Å²) in [6.07, 6.45) is 2.22. The van der Waals surface area contributed by atoms with Gasteiger partial charge in [-0.2, -0.15) is 4.98 Å². The van der Waals surface area contributed by atoms with Crippen LogP contribution in [0.25, 0.3) is 11.0 Å². The van der Waals surface area contributed by atoms with Crippen LogP contribution in [0.15, 0.2) is 41.3 Å². The Hall–Kier alpha value is -3.22. The maximum absolute atomic E-state index is 11.5. The molecule has 1 aromatic carbocycles. The number of fused-ring (bicyclic) bond motifs is 1. The van der Waals surface area contributed by atoms with Gasteiger partial charge in [-0.3, -0.25) is 0 Å². The molecular weight excluding hydrogens is 426 g/mol. The number of anilines is 1. The highest BCUT2D eigenvalue weighted by Gasteiger charge is 2.18. The van der Waals surface area contributed by atoms with E-state index in [2.05, 4.69) is 32.1 Å². The summed E-state index contributed by atoms with van der Waals surface area (Å²) >= 11 is 0. The summed E-state index contributed by atoms with van der Waals surface area (Å²) in [4.78, 5) is 13.8. The second kappa shape index (κ2) is 8.73. The lowest BCUT2D eigenvalue weighted by Crippen LogP contribution is -2.14. The number of nitrogens with one attached hydrogen (secondary N) is 1. The third-order valence-electron chi connectivity index (χ3n) is 4.89. The lowest BCUT2D eigenvalue weighted by Gasteiger charge is -2.17. The largest absolute Gasteiger partial charge is 0.473 e. The summed E-state index contributed by atoms with van der Waals surface area (Å²) < 4.78 is 28.9. The summed E-state index contributed by atoms with van der Waals surface area (Å²) in [5, 5.41) is 8.42. The van der Waals surface area contributed by atoms with Crippen LogP contribution in [0.1, 0.15) is 50.9 Å². The van der Waals surface area contributed by atoms with Gasteiger partial charge in [0.1, 0.15) is 5.69 Å². The molecule has 3 N–H and O–H groups in total. The molecule has 1 fully saturated rings. The monoisotopic (exact) mass is 451 g/mol. The zero-order valence-corrected chi connectivity index (χ0v) is 19.0. The first-order valence-electron chi connectivity index (χ1n) is 10.5. The van der Waals surface area contributed by atoms with Crippen molar-refractivity contribution in [1.29, 1.82) is 0 Å². The predicted octanol–water partition coefficient (Wildman–Crippen LogP) is 3.39. The van der Waals surface area contributed by atoms with Crippen LogP contribution in [0.3, 0.4) is 0 Å². The van der Waals surface area contributed by atoms with Crippen molar-refractivity contribution in [3.8, 4) is 17.7 Å². The van der Waals surface area contributed by atoms with Gasteiger partial charge in [0, 0.05) is 5.92 Å². The molecule has 1 aliphatic rings. The van der Waals surface area contributed by atoms with Gasteiger partial charge < -0.3 is 10.1 Å². The number of pyridine rings is 1. The van der Waals surface area contributed by atoms with Crippen molar-refractivity contribution in [3.63, 3.8) is 0 Å². The van der Waals surface area contributed by atoms with Crippen LogP contribution in [0, 0.1) is 17.8 Å². The van der Waals surface area contributed by atoms with Gasteiger partial charge >= 0.3 is 0 Å². The average Bonchev–Trinajstić information content (AvgIpc) is 3.56. The number of primary sulfonamides is 1. The van der Waals surface area contributed by atoms with Gasteiger partial charge in [-0.15, -0.1) is 0 Å². The normalized spacial score (nSPS) is 14.7. The number of hydrogen-bond donors (Lipinski definition) is 2. The second-order valence-corrected chi connectivity index (χ2v) is 9.67. The van der Waals surface area contributed by atoms with Gasteiger partial charge in [-0.1, -0.05) is 18.1 Å². The molecule has 1 aliphatic carbocycles. The molecule has 32 heavy (non-hydrogen) atoms. The second-order valence-electron chi connectivity index (χ2n) is 8.11. The van der Waals surface area contributed by atoms with E-state index in [4.69, 9.17) is 9.88 Å². The maximum Gasteiger partial charge on any atom is 0.245 e. The lowest BCUT2D eigenvalue weighted by atomic mass is 10.1. The quantitative estimate of drug-likeness (QED) is 0.551. The van der Waals surface area contributed by atoms with E-state index in [0.29, 0.717) is 34.5 Å². The molecule has 1 atom stereocenters. The number of nitrogens with two attached hydrogens (primary N) is 1. The SMILES string of the molecule is CC(C)Oc1nc(N[C@H](C)c2ccc(S(N)(=O)=O)cc2)nc2ccc(C#CC3CC3)nc12. The standard InChI is InChI=1S/C23H25N5O3S/c1-14(2)31-22-21-20(13-10-18(26-21)9-6-16-4-5-16)27-23(28-22)25-15(3)17-7-11-19(12-8-17)32(24,29)30/h7-8,10-16H,4-5H2,1-3H3,(H2,24,29,30)(H,25,27,28)/t15-/m1/s1. The number of sulfonamides is 1. The summed E-state index contributed by atoms with van der Waals surface area (Å²) in [6.45, 7) is 5.78. The van der Waals surface area contributed by atoms with Gasteiger partial charge in [0.15, 0.2) is 5.52 Å². The van der Waals surface area contributed by atoms with Crippen molar-refractivity contribution < 1.29 is 13.2 Å². The molecular formula is C23H25N5O3S. The number of rotatable bonds is 6. The molecule has 0 radical (unpaired) electrons. The zero-order chi connectivity index (χ0) is 22.9.